The molecule has 0 fully saturated rings. The first-order valence-electron chi connectivity index (χ1n) is 10.5. The smallest absolute Gasteiger partial charge is 0.191 e. The molecule has 1 aromatic carbocycles. The van der Waals surface area contributed by atoms with Crippen molar-refractivity contribution in [1.29, 1.82) is 0 Å². The Balaban J connectivity index is 1.90. The molecule has 2 N–H and O–H groups in total. The number of likely N-dealkylation sites (N-methyl/N-ethyl adjacent to an activating group) is 1. The number of rotatable bonds is 12. The average molecular weight is 418 g/mol. The topological polar surface area (TPSA) is 61.8 Å². The molecule has 0 amide bonds. The molecule has 6 nitrogen and oxygen atoms in total. The highest BCUT2D eigenvalue weighted by molar-refractivity contribution is 7.11. The number of thiazole rings is 1. The summed E-state index contributed by atoms with van der Waals surface area (Å²) in [6, 6.07) is 8.16. The summed E-state index contributed by atoms with van der Waals surface area (Å²) in [4.78, 5) is 12.8. The van der Waals surface area contributed by atoms with E-state index in [0.717, 1.165) is 61.4 Å². The second kappa shape index (κ2) is 13.2. The van der Waals surface area contributed by atoms with E-state index in [-0.39, 0.29) is 0 Å². The predicted octanol–water partition coefficient (Wildman–Crippen LogP) is 3.47. The van der Waals surface area contributed by atoms with Crippen molar-refractivity contribution in [3.8, 4) is 5.75 Å². The van der Waals surface area contributed by atoms with Gasteiger partial charge in [0.1, 0.15) is 12.4 Å². The first-order chi connectivity index (χ1) is 14.2. The molecule has 29 heavy (non-hydrogen) atoms. The van der Waals surface area contributed by atoms with Gasteiger partial charge in [0, 0.05) is 42.7 Å². The van der Waals surface area contributed by atoms with Crippen molar-refractivity contribution >= 4 is 17.3 Å². The van der Waals surface area contributed by atoms with E-state index in [0.29, 0.717) is 13.2 Å². The molecule has 2 rings (SSSR count). The monoisotopic (exact) mass is 417 g/mol. The number of nitrogens with zero attached hydrogens (tertiary/aromatic N) is 3. The van der Waals surface area contributed by atoms with Crippen molar-refractivity contribution in [2.75, 3.05) is 39.3 Å². The normalized spacial score (nSPS) is 11.7. The van der Waals surface area contributed by atoms with Gasteiger partial charge in [-0.1, -0.05) is 32.0 Å². The van der Waals surface area contributed by atoms with Gasteiger partial charge < -0.3 is 20.3 Å². The third-order valence-electron chi connectivity index (χ3n) is 4.58. The maximum atomic E-state index is 6.05. The molecule has 0 atom stereocenters. The van der Waals surface area contributed by atoms with Crippen LogP contribution in [-0.4, -0.2) is 55.2 Å². The van der Waals surface area contributed by atoms with Gasteiger partial charge in [-0.15, -0.1) is 11.3 Å². The van der Waals surface area contributed by atoms with Crippen molar-refractivity contribution in [3.05, 3.63) is 45.9 Å². The van der Waals surface area contributed by atoms with E-state index in [1.54, 1.807) is 11.3 Å². The van der Waals surface area contributed by atoms with Gasteiger partial charge in [0.25, 0.3) is 0 Å². The zero-order valence-corrected chi connectivity index (χ0v) is 19.0. The van der Waals surface area contributed by atoms with Gasteiger partial charge in [0.2, 0.25) is 0 Å². The molecule has 0 bridgehead atoms. The lowest BCUT2D eigenvalue weighted by molar-refractivity contribution is 0.221. The number of hydrogen-bond acceptors (Lipinski definition) is 5. The van der Waals surface area contributed by atoms with E-state index >= 15 is 0 Å². The summed E-state index contributed by atoms with van der Waals surface area (Å²) in [7, 11) is 0. The second-order valence-electron chi connectivity index (χ2n) is 6.72. The lowest BCUT2D eigenvalue weighted by Gasteiger charge is -2.18. The summed E-state index contributed by atoms with van der Waals surface area (Å²) in [5, 5.41) is 7.86. The van der Waals surface area contributed by atoms with Crippen LogP contribution in [0, 0.1) is 6.92 Å². The standard InChI is InChI=1S/C22H35N5OS/c1-5-23-22(24-13-12-21-25-16-18(4)29-21)26-17-19-10-8-9-11-20(19)28-15-14-27(6-2)7-3/h8-11,16H,5-7,12-15,17H2,1-4H3,(H2,23,24,26). The summed E-state index contributed by atoms with van der Waals surface area (Å²) in [6.07, 6.45) is 2.82. The van der Waals surface area contributed by atoms with Crippen LogP contribution in [-0.2, 0) is 13.0 Å². The second-order valence-corrected chi connectivity index (χ2v) is 8.04. The fourth-order valence-corrected chi connectivity index (χ4v) is 3.70. The maximum absolute atomic E-state index is 6.05. The van der Waals surface area contributed by atoms with E-state index in [1.807, 2.05) is 24.4 Å². The predicted molar refractivity (Wildman–Crippen MR) is 123 cm³/mol. The number of aryl methyl sites for hydroxylation is 1. The minimum Gasteiger partial charge on any atom is -0.492 e. The highest BCUT2D eigenvalue weighted by Gasteiger charge is 2.06. The molecule has 1 heterocycles. The number of hydrogen-bond donors (Lipinski definition) is 2. The molecule has 0 aliphatic heterocycles. The zero-order valence-electron chi connectivity index (χ0n) is 18.2. The summed E-state index contributed by atoms with van der Waals surface area (Å²) in [5.41, 5.74) is 1.10. The van der Waals surface area contributed by atoms with E-state index in [4.69, 9.17) is 9.73 Å². The summed E-state index contributed by atoms with van der Waals surface area (Å²) in [5.74, 6) is 1.73. The van der Waals surface area contributed by atoms with Gasteiger partial charge >= 0.3 is 0 Å². The van der Waals surface area contributed by atoms with Crippen LogP contribution in [0.1, 0.15) is 36.2 Å². The number of ether oxygens (including phenoxy) is 1. The highest BCUT2D eigenvalue weighted by Crippen LogP contribution is 2.19. The Morgan fingerprint density at radius 3 is 2.66 bits per heavy atom. The van der Waals surface area contributed by atoms with E-state index in [1.165, 1.54) is 4.88 Å². The molecular weight excluding hydrogens is 382 g/mol. The number of nitrogens with one attached hydrogen (secondary N) is 2. The largest absolute Gasteiger partial charge is 0.492 e. The van der Waals surface area contributed by atoms with Crippen LogP contribution in [0.3, 0.4) is 0 Å². The molecule has 0 aliphatic rings. The maximum Gasteiger partial charge on any atom is 0.191 e. The SMILES string of the molecule is CCNC(=NCc1ccccc1OCCN(CC)CC)NCCc1ncc(C)s1. The Hall–Kier alpha value is -2.12. The van der Waals surface area contributed by atoms with Crippen LogP contribution in [0.15, 0.2) is 35.5 Å². The average Bonchev–Trinajstić information content (AvgIpc) is 3.15. The van der Waals surface area contributed by atoms with Crippen LogP contribution >= 0.6 is 11.3 Å². The molecule has 0 spiro atoms. The van der Waals surface area contributed by atoms with Crippen LogP contribution in [0.25, 0.3) is 0 Å². The molecule has 0 saturated heterocycles. The Morgan fingerprint density at radius 1 is 1.17 bits per heavy atom. The van der Waals surface area contributed by atoms with Gasteiger partial charge in [-0.3, -0.25) is 0 Å². The van der Waals surface area contributed by atoms with Gasteiger partial charge in [0.05, 0.1) is 11.6 Å². The Kier molecular flexibility index (Phi) is 10.5. The molecule has 0 radical (unpaired) electrons. The Labute approximate surface area is 179 Å². The van der Waals surface area contributed by atoms with E-state index in [2.05, 4.69) is 54.3 Å². The molecule has 7 heteroatoms. The summed E-state index contributed by atoms with van der Waals surface area (Å²) in [6.45, 7) is 14.4. The number of aliphatic imine (C=N–C) groups is 1. The fourth-order valence-electron chi connectivity index (χ4n) is 2.91. The van der Waals surface area contributed by atoms with Gasteiger partial charge in [-0.25, -0.2) is 9.98 Å². The van der Waals surface area contributed by atoms with Crippen molar-refractivity contribution in [1.82, 2.24) is 20.5 Å². The first-order valence-corrected chi connectivity index (χ1v) is 11.3. The number of benzene rings is 1. The van der Waals surface area contributed by atoms with Crippen LogP contribution in [0.2, 0.25) is 0 Å². The van der Waals surface area contributed by atoms with Crippen LogP contribution in [0.4, 0.5) is 0 Å². The third-order valence-corrected chi connectivity index (χ3v) is 5.56. The Morgan fingerprint density at radius 2 is 1.97 bits per heavy atom. The van der Waals surface area contributed by atoms with Crippen molar-refractivity contribution in [2.45, 2.75) is 40.7 Å². The molecule has 160 valence electrons. The van der Waals surface area contributed by atoms with E-state index in [9.17, 15) is 0 Å². The lowest BCUT2D eigenvalue weighted by atomic mass is 10.2. The first kappa shape index (κ1) is 23.2. The quantitative estimate of drug-likeness (QED) is 0.409. The minimum atomic E-state index is 0.577. The molecule has 0 aliphatic carbocycles. The van der Waals surface area contributed by atoms with Crippen LogP contribution in [0.5, 0.6) is 5.75 Å². The van der Waals surface area contributed by atoms with Crippen molar-refractivity contribution in [2.24, 2.45) is 4.99 Å². The number of para-hydroxylation sites is 1. The van der Waals surface area contributed by atoms with E-state index < -0.39 is 0 Å². The molecule has 2 aromatic rings. The highest BCUT2D eigenvalue weighted by atomic mass is 32.1. The van der Waals surface area contributed by atoms with Crippen LogP contribution < -0.4 is 15.4 Å². The number of guanidine groups is 1. The van der Waals surface area contributed by atoms with Crippen molar-refractivity contribution < 1.29 is 4.74 Å². The summed E-state index contributed by atoms with van der Waals surface area (Å²) < 4.78 is 6.05. The minimum absolute atomic E-state index is 0.577. The summed E-state index contributed by atoms with van der Waals surface area (Å²) >= 11 is 1.75. The van der Waals surface area contributed by atoms with Gasteiger partial charge in [-0.2, -0.15) is 0 Å². The zero-order chi connectivity index (χ0) is 20.9. The molecule has 0 saturated carbocycles. The van der Waals surface area contributed by atoms with Crippen molar-refractivity contribution in [3.63, 3.8) is 0 Å². The fraction of sp³-hybridized carbons (Fsp3) is 0.545. The number of aromatic nitrogens is 1. The third kappa shape index (κ3) is 8.41. The lowest BCUT2D eigenvalue weighted by Crippen LogP contribution is -2.38. The Bertz CT molecular complexity index is 742. The molecule has 0 unspecified atom stereocenters. The molecular formula is C22H35N5OS. The van der Waals surface area contributed by atoms with Gasteiger partial charge in [0.15, 0.2) is 5.96 Å². The molecule has 1 aromatic heterocycles. The van der Waals surface area contributed by atoms with Gasteiger partial charge in [-0.05, 0) is 33.0 Å².